The number of rotatable bonds is 6. The fourth-order valence-corrected chi connectivity index (χ4v) is 4.32. The number of halogens is 1. The summed E-state index contributed by atoms with van der Waals surface area (Å²) < 4.78 is 1.21. The van der Waals surface area contributed by atoms with Gasteiger partial charge in [-0.05, 0) is 55.0 Å². The van der Waals surface area contributed by atoms with Gasteiger partial charge in [0.2, 0.25) is 5.91 Å². The predicted octanol–water partition coefficient (Wildman–Crippen LogP) is 4.48. The molecule has 1 saturated heterocycles. The van der Waals surface area contributed by atoms with Gasteiger partial charge in [0.1, 0.15) is 15.8 Å². The maximum Gasteiger partial charge on any atom is 0.266 e. The van der Waals surface area contributed by atoms with Crippen molar-refractivity contribution in [2.24, 2.45) is 0 Å². The summed E-state index contributed by atoms with van der Waals surface area (Å²) in [6.07, 6.45) is 2.28. The van der Waals surface area contributed by atoms with E-state index in [9.17, 15) is 19.8 Å². The lowest BCUT2D eigenvalue weighted by atomic mass is 10.2. The van der Waals surface area contributed by atoms with E-state index in [4.69, 9.17) is 12.2 Å². The number of hydrogen-bond acceptors (Lipinski definition) is 6. The maximum atomic E-state index is 12.6. The van der Waals surface area contributed by atoms with Crippen molar-refractivity contribution in [2.75, 3.05) is 11.9 Å². The fraction of sp³-hybridized carbons (Fsp3) is 0.150. The van der Waals surface area contributed by atoms with Crippen molar-refractivity contribution in [3.05, 3.63) is 57.4 Å². The van der Waals surface area contributed by atoms with Crippen LogP contribution in [-0.2, 0) is 9.59 Å². The van der Waals surface area contributed by atoms with Crippen LogP contribution >= 0.6 is 39.9 Å². The van der Waals surface area contributed by atoms with Crippen LogP contribution < -0.4 is 5.32 Å². The first-order valence-electron chi connectivity index (χ1n) is 8.66. The molecule has 9 heteroatoms. The molecule has 0 spiro atoms. The molecule has 1 fully saturated rings. The average molecular weight is 493 g/mol. The van der Waals surface area contributed by atoms with Crippen LogP contribution in [0.4, 0.5) is 5.69 Å². The Hall–Kier alpha value is -2.36. The minimum Gasteiger partial charge on any atom is -0.508 e. The number of carbonyl (C=O) groups excluding carboxylic acids is 2. The molecule has 150 valence electrons. The lowest BCUT2D eigenvalue weighted by Gasteiger charge is -2.14. The summed E-state index contributed by atoms with van der Waals surface area (Å²) in [6, 6.07) is 11.2. The van der Waals surface area contributed by atoms with E-state index in [0.717, 1.165) is 4.47 Å². The van der Waals surface area contributed by atoms with E-state index in [1.807, 2.05) is 0 Å². The second kappa shape index (κ2) is 9.43. The molecule has 6 nitrogen and oxygen atoms in total. The molecule has 1 aliphatic rings. The number of aromatic hydroxyl groups is 2. The van der Waals surface area contributed by atoms with Crippen LogP contribution in [0.1, 0.15) is 18.4 Å². The SMILES string of the molecule is O=C(CCCN1C(=O)/C(=C/c2cc(Br)ccc2O)SC1=S)Nc1ccc(O)cc1. The number of phenolic OH excluding ortho intramolecular Hbond substituents is 2. The van der Waals surface area contributed by atoms with Gasteiger partial charge in [0.25, 0.3) is 5.91 Å². The van der Waals surface area contributed by atoms with E-state index in [-0.39, 0.29) is 29.7 Å². The number of nitrogens with one attached hydrogen (secondary N) is 1. The lowest BCUT2D eigenvalue weighted by molar-refractivity contribution is -0.122. The van der Waals surface area contributed by atoms with Crippen LogP contribution in [0.2, 0.25) is 0 Å². The predicted molar refractivity (Wildman–Crippen MR) is 122 cm³/mol. The van der Waals surface area contributed by atoms with Crippen molar-refractivity contribution in [2.45, 2.75) is 12.8 Å². The van der Waals surface area contributed by atoms with Gasteiger partial charge in [0, 0.05) is 28.7 Å². The molecular weight excluding hydrogens is 476 g/mol. The molecule has 2 aromatic carbocycles. The monoisotopic (exact) mass is 492 g/mol. The molecule has 0 unspecified atom stereocenters. The standard InChI is InChI=1S/C20H17BrN2O4S2/c21-13-3-8-16(25)12(10-13)11-17-19(27)23(20(28)29-17)9-1-2-18(26)22-14-4-6-15(24)7-5-14/h3-8,10-11,24-25H,1-2,9H2,(H,22,26)/b17-11-. The van der Waals surface area contributed by atoms with Crippen LogP contribution in [0, 0.1) is 0 Å². The van der Waals surface area contributed by atoms with Crippen LogP contribution in [0.3, 0.4) is 0 Å². The second-order valence-corrected chi connectivity index (χ2v) is 8.83. The van der Waals surface area contributed by atoms with Crippen LogP contribution in [0.15, 0.2) is 51.8 Å². The lowest BCUT2D eigenvalue weighted by Crippen LogP contribution is -2.29. The zero-order valence-corrected chi connectivity index (χ0v) is 18.3. The highest BCUT2D eigenvalue weighted by Gasteiger charge is 2.31. The van der Waals surface area contributed by atoms with Gasteiger partial charge in [-0.3, -0.25) is 14.5 Å². The molecule has 0 radical (unpaired) electrons. The number of benzene rings is 2. The second-order valence-electron chi connectivity index (χ2n) is 6.24. The highest BCUT2D eigenvalue weighted by atomic mass is 79.9. The van der Waals surface area contributed by atoms with E-state index in [0.29, 0.717) is 33.4 Å². The van der Waals surface area contributed by atoms with Gasteiger partial charge >= 0.3 is 0 Å². The number of thiocarbonyl (C=S) groups is 1. The molecule has 2 aromatic rings. The third-order valence-corrected chi connectivity index (χ3v) is 5.96. The molecular formula is C20H17BrN2O4S2. The smallest absolute Gasteiger partial charge is 0.266 e. The fourth-order valence-electron chi connectivity index (χ4n) is 2.64. The molecule has 3 rings (SSSR count). The number of phenols is 2. The van der Waals surface area contributed by atoms with E-state index in [1.54, 1.807) is 36.4 Å². The number of amides is 2. The Kier molecular flexibility index (Phi) is 6.94. The van der Waals surface area contributed by atoms with Crippen molar-refractivity contribution in [1.82, 2.24) is 4.90 Å². The Morgan fingerprint density at radius 1 is 1.21 bits per heavy atom. The molecule has 0 atom stereocenters. The first-order valence-corrected chi connectivity index (χ1v) is 10.7. The molecule has 0 saturated carbocycles. The summed E-state index contributed by atoms with van der Waals surface area (Å²) in [6.45, 7) is 0.329. The molecule has 0 bridgehead atoms. The molecule has 2 amide bonds. The number of carbonyl (C=O) groups is 2. The summed E-state index contributed by atoms with van der Waals surface area (Å²) in [4.78, 5) is 26.6. The number of anilines is 1. The highest BCUT2D eigenvalue weighted by molar-refractivity contribution is 9.10. The molecule has 29 heavy (non-hydrogen) atoms. The zero-order chi connectivity index (χ0) is 21.0. The quantitative estimate of drug-likeness (QED) is 0.313. The van der Waals surface area contributed by atoms with Gasteiger partial charge in [-0.25, -0.2) is 0 Å². The van der Waals surface area contributed by atoms with Crippen LogP contribution in [0.5, 0.6) is 11.5 Å². The van der Waals surface area contributed by atoms with Crippen LogP contribution in [0.25, 0.3) is 6.08 Å². The summed E-state index contributed by atoms with van der Waals surface area (Å²) in [5, 5.41) is 22.0. The topological polar surface area (TPSA) is 89.9 Å². The van der Waals surface area contributed by atoms with Crippen LogP contribution in [-0.4, -0.2) is 37.8 Å². The summed E-state index contributed by atoms with van der Waals surface area (Å²) >= 11 is 9.81. The average Bonchev–Trinajstić information content (AvgIpc) is 2.94. The first kappa shape index (κ1) is 21.4. The van der Waals surface area contributed by atoms with Crippen molar-refractivity contribution in [3.8, 4) is 11.5 Å². The van der Waals surface area contributed by atoms with E-state index in [1.165, 1.54) is 28.8 Å². The Labute approximate surface area is 185 Å². The van der Waals surface area contributed by atoms with Gasteiger partial charge in [-0.1, -0.05) is 39.9 Å². The van der Waals surface area contributed by atoms with Crippen molar-refractivity contribution < 1.29 is 19.8 Å². The van der Waals surface area contributed by atoms with Crippen molar-refractivity contribution in [1.29, 1.82) is 0 Å². The molecule has 0 aromatic heterocycles. The van der Waals surface area contributed by atoms with E-state index < -0.39 is 0 Å². The summed E-state index contributed by atoms with van der Waals surface area (Å²) in [5.41, 5.74) is 1.11. The van der Waals surface area contributed by atoms with Gasteiger partial charge in [0.15, 0.2) is 0 Å². The normalized spacial score (nSPS) is 15.2. The van der Waals surface area contributed by atoms with Gasteiger partial charge in [-0.2, -0.15) is 0 Å². The molecule has 3 N–H and O–H groups in total. The number of hydrogen-bond donors (Lipinski definition) is 3. The molecule has 0 aliphatic carbocycles. The maximum absolute atomic E-state index is 12.6. The number of thioether (sulfide) groups is 1. The largest absolute Gasteiger partial charge is 0.508 e. The van der Waals surface area contributed by atoms with Crippen molar-refractivity contribution in [3.63, 3.8) is 0 Å². The minimum atomic E-state index is -0.238. The number of nitrogens with zero attached hydrogens (tertiary/aromatic N) is 1. The first-order chi connectivity index (χ1) is 13.8. The Morgan fingerprint density at radius 2 is 1.93 bits per heavy atom. The minimum absolute atomic E-state index is 0.0735. The Bertz CT molecular complexity index is 992. The Balaban J connectivity index is 1.56. The van der Waals surface area contributed by atoms with E-state index >= 15 is 0 Å². The third kappa shape index (κ3) is 5.59. The molecule has 1 heterocycles. The highest BCUT2D eigenvalue weighted by Crippen LogP contribution is 2.34. The van der Waals surface area contributed by atoms with Gasteiger partial charge in [0.05, 0.1) is 4.91 Å². The zero-order valence-electron chi connectivity index (χ0n) is 15.1. The van der Waals surface area contributed by atoms with Gasteiger partial charge in [-0.15, -0.1) is 0 Å². The Morgan fingerprint density at radius 3 is 2.66 bits per heavy atom. The molecule has 1 aliphatic heterocycles. The van der Waals surface area contributed by atoms with E-state index in [2.05, 4.69) is 21.2 Å². The van der Waals surface area contributed by atoms with Crippen molar-refractivity contribution >= 4 is 67.8 Å². The third-order valence-electron chi connectivity index (χ3n) is 4.09. The van der Waals surface area contributed by atoms with Gasteiger partial charge < -0.3 is 15.5 Å². The summed E-state index contributed by atoms with van der Waals surface area (Å²) in [5.74, 6) is -0.222. The summed E-state index contributed by atoms with van der Waals surface area (Å²) in [7, 11) is 0.